The van der Waals surface area contributed by atoms with Gasteiger partial charge in [0, 0.05) is 24.6 Å². The molecular weight excluding hydrogens is 292 g/mol. The Hall–Kier alpha value is -2.14. The van der Waals surface area contributed by atoms with Gasteiger partial charge >= 0.3 is 0 Å². The van der Waals surface area contributed by atoms with Gasteiger partial charge in [0.2, 0.25) is 5.91 Å². The molecule has 0 unspecified atom stereocenters. The van der Waals surface area contributed by atoms with E-state index in [9.17, 15) is 4.79 Å². The van der Waals surface area contributed by atoms with Crippen molar-refractivity contribution in [3.63, 3.8) is 0 Å². The molecule has 122 valence electrons. The SMILES string of the molecule is Cc1noc(C)c1CC(=O)NC[C@H]1CCO[C@@H]1c1ccccc1. The summed E-state index contributed by atoms with van der Waals surface area (Å²) < 4.78 is 11.0. The molecule has 5 heteroatoms. The molecule has 1 saturated heterocycles. The van der Waals surface area contributed by atoms with Crippen LogP contribution in [0.4, 0.5) is 0 Å². The van der Waals surface area contributed by atoms with Gasteiger partial charge in [-0.1, -0.05) is 35.5 Å². The maximum atomic E-state index is 12.2. The third-order valence-electron chi connectivity index (χ3n) is 4.42. The Morgan fingerprint density at radius 2 is 2.09 bits per heavy atom. The molecule has 3 rings (SSSR count). The van der Waals surface area contributed by atoms with E-state index in [1.54, 1.807) is 0 Å². The lowest BCUT2D eigenvalue weighted by molar-refractivity contribution is -0.120. The largest absolute Gasteiger partial charge is 0.373 e. The van der Waals surface area contributed by atoms with Crippen LogP contribution in [0.25, 0.3) is 0 Å². The van der Waals surface area contributed by atoms with Gasteiger partial charge in [-0.3, -0.25) is 4.79 Å². The second-order valence-corrected chi connectivity index (χ2v) is 6.03. The minimum Gasteiger partial charge on any atom is -0.373 e. The number of aromatic nitrogens is 1. The van der Waals surface area contributed by atoms with Crippen LogP contribution in [0.2, 0.25) is 0 Å². The fourth-order valence-corrected chi connectivity index (χ4v) is 3.08. The molecule has 1 aromatic carbocycles. The summed E-state index contributed by atoms with van der Waals surface area (Å²) in [6.07, 6.45) is 1.34. The molecule has 0 aliphatic carbocycles. The van der Waals surface area contributed by atoms with E-state index >= 15 is 0 Å². The van der Waals surface area contributed by atoms with Crippen LogP contribution in [0.15, 0.2) is 34.9 Å². The number of hydrogen-bond donors (Lipinski definition) is 1. The zero-order valence-electron chi connectivity index (χ0n) is 13.5. The van der Waals surface area contributed by atoms with Crippen LogP contribution in [-0.4, -0.2) is 24.2 Å². The van der Waals surface area contributed by atoms with Crippen molar-refractivity contribution in [2.75, 3.05) is 13.2 Å². The van der Waals surface area contributed by atoms with E-state index in [0.29, 0.717) is 24.6 Å². The zero-order chi connectivity index (χ0) is 16.2. The van der Waals surface area contributed by atoms with Crippen molar-refractivity contribution in [3.8, 4) is 0 Å². The maximum absolute atomic E-state index is 12.2. The van der Waals surface area contributed by atoms with Gasteiger partial charge in [-0.25, -0.2) is 0 Å². The second kappa shape index (κ2) is 6.96. The molecule has 1 fully saturated rings. The van der Waals surface area contributed by atoms with E-state index in [-0.39, 0.29) is 12.0 Å². The van der Waals surface area contributed by atoms with Crippen molar-refractivity contribution in [3.05, 3.63) is 52.9 Å². The summed E-state index contributed by atoms with van der Waals surface area (Å²) in [6.45, 7) is 5.06. The number of amides is 1. The van der Waals surface area contributed by atoms with Crippen molar-refractivity contribution in [2.45, 2.75) is 32.8 Å². The topological polar surface area (TPSA) is 64.4 Å². The Morgan fingerprint density at radius 1 is 1.30 bits per heavy atom. The van der Waals surface area contributed by atoms with E-state index < -0.39 is 0 Å². The van der Waals surface area contributed by atoms with Crippen molar-refractivity contribution in [1.82, 2.24) is 10.5 Å². The van der Waals surface area contributed by atoms with Crippen LogP contribution in [0.5, 0.6) is 0 Å². The number of ether oxygens (including phenoxy) is 1. The van der Waals surface area contributed by atoms with Gasteiger partial charge in [0.1, 0.15) is 5.76 Å². The number of carbonyl (C=O) groups excluding carboxylic acids is 1. The summed E-state index contributed by atoms with van der Waals surface area (Å²) in [5, 5.41) is 6.91. The molecule has 2 heterocycles. The summed E-state index contributed by atoms with van der Waals surface area (Å²) >= 11 is 0. The predicted octanol–water partition coefficient (Wildman–Crippen LogP) is 2.73. The summed E-state index contributed by atoms with van der Waals surface area (Å²) in [5.74, 6) is 1.02. The molecule has 2 aromatic rings. The number of carbonyl (C=O) groups is 1. The van der Waals surface area contributed by atoms with Crippen LogP contribution < -0.4 is 5.32 Å². The second-order valence-electron chi connectivity index (χ2n) is 6.03. The number of hydrogen-bond acceptors (Lipinski definition) is 4. The molecule has 2 atom stereocenters. The summed E-state index contributed by atoms with van der Waals surface area (Å²) in [4.78, 5) is 12.2. The number of benzene rings is 1. The Morgan fingerprint density at radius 3 is 2.78 bits per heavy atom. The lowest BCUT2D eigenvalue weighted by Gasteiger charge is -2.19. The zero-order valence-corrected chi connectivity index (χ0v) is 13.5. The highest BCUT2D eigenvalue weighted by Gasteiger charge is 2.29. The Balaban J connectivity index is 1.56. The summed E-state index contributed by atoms with van der Waals surface area (Å²) in [7, 11) is 0. The standard InChI is InChI=1S/C18H22N2O3/c1-12-16(13(2)23-20-12)10-17(21)19-11-15-8-9-22-18(15)14-6-4-3-5-7-14/h3-7,15,18H,8-11H2,1-2H3,(H,19,21)/t15-,18-/m1/s1. The average Bonchev–Trinajstić information content (AvgIpc) is 3.15. The minimum atomic E-state index is -0.00175. The van der Waals surface area contributed by atoms with Gasteiger partial charge < -0.3 is 14.6 Å². The molecule has 1 aliphatic rings. The molecule has 1 aliphatic heterocycles. The lowest BCUT2D eigenvalue weighted by Crippen LogP contribution is -2.31. The summed E-state index contributed by atoms with van der Waals surface area (Å²) in [5.41, 5.74) is 2.84. The average molecular weight is 314 g/mol. The van der Waals surface area contributed by atoms with Crippen molar-refractivity contribution < 1.29 is 14.1 Å². The molecule has 0 saturated carbocycles. The van der Waals surface area contributed by atoms with E-state index in [2.05, 4.69) is 22.6 Å². The van der Waals surface area contributed by atoms with E-state index in [1.807, 2.05) is 32.0 Å². The Bertz CT molecular complexity index is 647. The first-order chi connectivity index (χ1) is 11.1. The van der Waals surface area contributed by atoms with Crippen molar-refractivity contribution in [2.24, 2.45) is 5.92 Å². The van der Waals surface area contributed by atoms with E-state index in [4.69, 9.17) is 9.26 Å². The van der Waals surface area contributed by atoms with Gasteiger partial charge in [0.15, 0.2) is 0 Å². The third-order valence-corrected chi connectivity index (χ3v) is 4.42. The van der Waals surface area contributed by atoms with E-state index in [0.717, 1.165) is 24.3 Å². The summed E-state index contributed by atoms with van der Waals surface area (Å²) in [6, 6.07) is 10.2. The quantitative estimate of drug-likeness (QED) is 0.921. The van der Waals surface area contributed by atoms with Crippen LogP contribution in [-0.2, 0) is 16.0 Å². The smallest absolute Gasteiger partial charge is 0.224 e. The van der Waals surface area contributed by atoms with Gasteiger partial charge in [0.05, 0.1) is 18.2 Å². The highest BCUT2D eigenvalue weighted by Crippen LogP contribution is 2.33. The first kappa shape index (κ1) is 15.7. The number of rotatable bonds is 5. The number of aryl methyl sites for hydroxylation is 2. The molecule has 0 radical (unpaired) electrons. The molecule has 5 nitrogen and oxygen atoms in total. The molecule has 1 N–H and O–H groups in total. The minimum absolute atomic E-state index is 0.00175. The first-order valence-corrected chi connectivity index (χ1v) is 8.00. The molecule has 23 heavy (non-hydrogen) atoms. The Kier molecular flexibility index (Phi) is 4.76. The Labute approximate surface area is 136 Å². The molecule has 0 bridgehead atoms. The van der Waals surface area contributed by atoms with Crippen LogP contribution in [0, 0.1) is 19.8 Å². The highest BCUT2D eigenvalue weighted by atomic mass is 16.5. The maximum Gasteiger partial charge on any atom is 0.224 e. The molecular formula is C18H22N2O3. The van der Waals surface area contributed by atoms with Crippen molar-refractivity contribution >= 4 is 5.91 Å². The molecule has 0 spiro atoms. The van der Waals surface area contributed by atoms with Crippen LogP contribution in [0.1, 0.15) is 35.1 Å². The van der Waals surface area contributed by atoms with E-state index in [1.165, 1.54) is 5.56 Å². The molecule has 1 amide bonds. The van der Waals surface area contributed by atoms with Crippen LogP contribution in [0.3, 0.4) is 0 Å². The monoisotopic (exact) mass is 314 g/mol. The third kappa shape index (κ3) is 3.62. The van der Waals surface area contributed by atoms with Gasteiger partial charge in [-0.15, -0.1) is 0 Å². The number of nitrogens with zero attached hydrogens (tertiary/aromatic N) is 1. The number of nitrogens with one attached hydrogen (secondary N) is 1. The predicted molar refractivity (Wildman–Crippen MR) is 85.9 cm³/mol. The molecule has 1 aromatic heterocycles. The van der Waals surface area contributed by atoms with Gasteiger partial charge in [0.25, 0.3) is 0 Å². The van der Waals surface area contributed by atoms with Crippen LogP contribution >= 0.6 is 0 Å². The lowest BCUT2D eigenvalue weighted by atomic mass is 9.95. The van der Waals surface area contributed by atoms with Gasteiger partial charge in [-0.05, 0) is 25.8 Å². The fourth-order valence-electron chi connectivity index (χ4n) is 3.08. The first-order valence-electron chi connectivity index (χ1n) is 8.00. The highest BCUT2D eigenvalue weighted by molar-refractivity contribution is 5.79. The normalized spacial score (nSPS) is 20.6. The fraction of sp³-hybridized carbons (Fsp3) is 0.444. The van der Waals surface area contributed by atoms with Gasteiger partial charge in [-0.2, -0.15) is 0 Å². The van der Waals surface area contributed by atoms with Crippen molar-refractivity contribution in [1.29, 1.82) is 0 Å².